The van der Waals surface area contributed by atoms with Gasteiger partial charge in [0.25, 0.3) is 5.91 Å². The molecule has 0 unspecified atom stereocenters. The second-order valence-corrected chi connectivity index (χ2v) is 7.18. The fourth-order valence-corrected chi connectivity index (χ4v) is 2.83. The number of guanidine groups is 1. The lowest BCUT2D eigenvalue weighted by Gasteiger charge is -2.16. The van der Waals surface area contributed by atoms with Crippen molar-refractivity contribution >= 4 is 35.8 Å². The lowest BCUT2D eigenvalue weighted by Crippen LogP contribution is -2.36. The van der Waals surface area contributed by atoms with Crippen LogP contribution >= 0.6 is 24.0 Å². The van der Waals surface area contributed by atoms with E-state index in [1.807, 2.05) is 24.3 Å². The molecule has 0 fully saturated rings. The van der Waals surface area contributed by atoms with E-state index in [1.54, 1.807) is 26.0 Å². The van der Waals surface area contributed by atoms with Gasteiger partial charge in [-0.05, 0) is 42.9 Å². The molecule has 2 aromatic rings. The van der Waals surface area contributed by atoms with Crippen LogP contribution in [-0.4, -0.2) is 56.9 Å². The number of hydrogen-bond acceptors (Lipinski definition) is 3. The quantitative estimate of drug-likeness (QED) is 0.343. The summed E-state index contributed by atoms with van der Waals surface area (Å²) in [5.74, 6) is 0.751. The van der Waals surface area contributed by atoms with Gasteiger partial charge in [0.2, 0.25) is 0 Å². The molecule has 158 valence electrons. The third kappa shape index (κ3) is 8.02. The number of amides is 1. The topological polar surface area (TPSA) is 60.0 Å². The maximum absolute atomic E-state index is 12.0. The van der Waals surface area contributed by atoms with Crippen LogP contribution in [0.15, 0.2) is 53.5 Å². The molecule has 0 atom stereocenters. The van der Waals surface area contributed by atoms with Gasteiger partial charge in [-0.15, -0.1) is 24.0 Å². The summed E-state index contributed by atoms with van der Waals surface area (Å²) in [6.07, 6.45) is 0. The van der Waals surface area contributed by atoms with Crippen molar-refractivity contribution < 1.29 is 4.79 Å². The van der Waals surface area contributed by atoms with E-state index >= 15 is 0 Å². The number of nitrogens with zero attached hydrogens (tertiary/aromatic N) is 3. The monoisotopic (exact) mass is 509 g/mol. The van der Waals surface area contributed by atoms with Gasteiger partial charge in [0.15, 0.2) is 5.96 Å². The largest absolute Gasteiger partial charge is 0.352 e. The van der Waals surface area contributed by atoms with Crippen molar-refractivity contribution in [2.45, 2.75) is 19.6 Å². The first kappa shape index (κ1) is 24.9. The Bertz CT molecular complexity index is 803. The van der Waals surface area contributed by atoms with E-state index in [1.165, 1.54) is 11.1 Å². The minimum Gasteiger partial charge on any atom is -0.352 e. The molecule has 0 aliphatic carbocycles. The Labute approximate surface area is 191 Å². The van der Waals surface area contributed by atoms with Gasteiger partial charge in [-0.25, -0.2) is 0 Å². The Morgan fingerprint density at radius 2 is 1.48 bits per heavy atom. The number of nitrogens with one attached hydrogen (secondary N) is 2. The van der Waals surface area contributed by atoms with Crippen LogP contribution in [0, 0.1) is 0 Å². The highest BCUT2D eigenvalue weighted by atomic mass is 127. The van der Waals surface area contributed by atoms with E-state index in [-0.39, 0.29) is 29.9 Å². The molecule has 0 aliphatic heterocycles. The number of halogens is 1. The van der Waals surface area contributed by atoms with Gasteiger partial charge in [0, 0.05) is 46.3 Å². The zero-order valence-electron chi connectivity index (χ0n) is 17.9. The van der Waals surface area contributed by atoms with Gasteiger partial charge in [-0.2, -0.15) is 0 Å². The zero-order chi connectivity index (χ0) is 20.5. The van der Waals surface area contributed by atoms with E-state index in [4.69, 9.17) is 0 Å². The Morgan fingerprint density at radius 3 is 2.03 bits per heavy atom. The fourth-order valence-electron chi connectivity index (χ4n) is 2.83. The summed E-state index contributed by atoms with van der Waals surface area (Å²) in [5, 5.41) is 6.69. The van der Waals surface area contributed by atoms with Crippen molar-refractivity contribution in [2.24, 2.45) is 4.99 Å². The van der Waals surface area contributed by atoms with Crippen LogP contribution in [0.25, 0.3) is 0 Å². The van der Waals surface area contributed by atoms with Gasteiger partial charge >= 0.3 is 0 Å². The van der Waals surface area contributed by atoms with Crippen molar-refractivity contribution in [3.8, 4) is 0 Å². The number of carbonyl (C=O) groups excluding carboxylic acids is 1. The van der Waals surface area contributed by atoms with Crippen LogP contribution in [0.5, 0.6) is 0 Å². The Morgan fingerprint density at radius 1 is 0.897 bits per heavy atom. The lowest BCUT2D eigenvalue weighted by molar-refractivity contribution is 0.0827. The third-order valence-corrected chi connectivity index (χ3v) is 4.34. The molecule has 0 spiro atoms. The average molecular weight is 509 g/mol. The van der Waals surface area contributed by atoms with Gasteiger partial charge in [-0.3, -0.25) is 9.79 Å². The smallest absolute Gasteiger partial charge is 0.253 e. The number of hydrogen-bond donors (Lipinski definition) is 2. The van der Waals surface area contributed by atoms with Crippen molar-refractivity contribution in [2.75, 3.05) is 35.2 Å². The first-order valence-corrected chi connectivity index (χ1v) is 9.37. The Hall–Kier alpha value is -2.13. The van der Waals surface area contributed by atoms with E-state index in [0.29, 0.717) is 18.7 Å². The van der Waals surface area contributed by atoms with Gasteiger partial charge in [-0.1, -0.05) is 36.4 Å². The van der Waals surface area contributed by atoms with Gasteiger partial charge in [0.05, 0.1) is 0 Å². The van der Waals surface area contributed by atoms with Crippen LogP contribution in [0.1, 0.15) is 27.0 Å². The molecule has 0 saturated heterocycles. The van der Waals surface area contributed by atoms with E-state index in [0.717, 1.165) is 18.1 Å². The first-order chi connectivity index (χ1) is 13.4. The van der Waals surface area contributed by atoms with Crippen LogP contribution in [-0.2, 0) is 19.6 Å². The fraction of sp³-hybridized carbons (Fsp3) is 0.364. The Balaban J connectivity index is 0.00000420. The SMILES string of the molecule is CN=C(NCc1ccc(C(=O)N(C)C)cc1)NCc1ccccc1CN(C)C.I. The molecular weight excluding hydrogens is 477 g/mol. The standard InChI is InChI=1S/C22H31N5O.HI/c1-23-22(25-15-19-8-6-7-9-20(19)16-26(2)3)24-14-17-10-12-18(13-11-17)21(28)27(4)5;/h6-13H,14-16H2,1-5H3,(H2,23,24,25);1H. The van der Waals surface area contributed by atoms with Crippen molar-refractivity contribution in [1.82, 2.24) is 20.4 Å². The molecule has 29 heavy (non-hydrogen) atoms. The molecule has 2 aromatic carbocycles. The molecule has 0 radical (unpaired) electrons. The Kier molecular flexibility index (Phi) is 10.7. The van der Waals surface area contributed by atoms with E-state index in [2.05, 4.69) is 58.9 Å². The number of aliphatic imine (C=N–C) groups is 1. The maximum atomic E-state index is 12.0. The third-order valence-electron chi connectivity index (χ3n) is 4.34. The molecule has 0 heterocycles. The van der Waals surface area contributed by atoms with Gasteiger partial charge < -0.3 is 20.4 Å². The molecular formula is C22H32IN5O. The first-order valence-electron chi connectivity index (χ1n) is 9.37. The molecule has 0 saturated carbocycles. The van der Waals surface area contributed by atoms with Crippen molar-refractivity contribution in [1.29, 1.82) is 0 Å². The zero-order valence-corrected chi connectivity index (χ0v) is 20.2. The van der Waals surface area contributed by atoms with Crippen molar-refractivity contribution in [3.05, 3.63) is 70.8 Å². The summed E-state index contributed by atoms with van der Waals surface area (Å²) in [7, 11) is 9.42. The lowest BCUT2D eigenvalue weighted by atomic mass is 10.1. The van der Waals surface area contributed by atoms with Crippen LogP contribution in [0.4, 0.5) is 0 Å². The summed E-state index contributed by atoms with van der Waals surface area (Å²) in [5.41, 5.74) is 4.34. The van der Waals surface area contributed by atoms with E-state index in [9.17, 15) is 4.79 Å². The molecule has 0 aromatic heterocycles. The van der Waals surface area contributed by atoms with Crippen LogP contribution in [0.2, 0.25) is 0 Å². The van der Waals surface area contributed by atoms with Crippen LogP contribution < -0.4 is 10.6 Å². The molecule has 0 bridgehead atoms. The highest BCUT2D eigenvalue weighted by Crippen LogP contribution is 2.10. The number of benzene rings is 2. The minimum atomic E-state index is 0. The van der Waals surface area contributed by atoms with Gasteiger partial charge in [0.1, 0.15) is 0 Å². The highest BCUT2D eigenvalue weighted by molar-refractivity contribution is 14.0. The molecule has 6 nitrogen and oxygen atoms in total. The van der Waals surface area contributed by atoms with Crippen molar-refractivity contribution in [3.63, 3.8) is 0 Å². The molecule has 7 heteroatoms. The second-order valence-electron chi connectivity index (χ2n) is 7.18. The predicted octanol–water partition coefficient (Wildman–Crippen LogP) is 2.93. The second kappa shape index (κ2) is 12.4. The molecule has 0 aliphatic rings. The molecule has 2 rings (SSSR count). The summed E-state index contributed by atoms with van der Waals surface area (Å²) in [6, 6.07) is 16.1. The summed E-state index contributed by atoms with van der Waals surface area (Å²) in [4.78, 5) is 20.0. The van der Waals surface area contributed by atoms with Crippen LogP contribution in [0.3, 0.4) is 0 Å². The highest BCUT2D eigenvalue weighted by Gasteiger charge is 2.08. The molecule has 2 N–H and O–H groups in total. The number of carbonyl (C=O) groups is 1. The maximum Gasteiger partial charge on any atom is 0.253 e. The predicted molar refractivity (Wildman–Crippen MR) is 131 cm³/mol. The summed E-state index contributed by atoms with van der Waals surface area (Å²) in [6.45, 7) is 2.25. The normalized spacial score (nSPS) is 11.0. The minimum absolute atomic E-state index is 0. The summed E-state index contributed by atoms with van der Waals surface area (Å²) >= 11 is 0. The van der Waals surface area contributed by atoms with E-state index < -0.39 is 0 Å². The molecule has 1 amide bonds. The average Bonchev–Trinajstić information content (AvgIpc) is 2.68. The summed E-state index contributed by atoms with van der Waals surface area (Å²) < 4.78 is 0. The number of rotatable bonds is 7.